The van der Waals surface area contributed by atoms with E-state index in [4.69, 9.17) is 0 Å². The van der Waals surface area contributed by atoms with Gasteiger partial charge in [-0.2, -0.15) is 0 Å². The lowest BCUT2D eigenvalue weighted by molar-refractivity contribution is -0.134. The molecule has 0 aromatic rings. The molecule has 2 saturated heterocycles. The van der Waals surface area contributed by atoms with Crippen molar-refractivity contribution in [3.8, 4) is 0 Å². The van der Waals surface area contributed by atoms with Gasteiger partial charge < -0.3 is 15.5 Å². The summed E-state index contributed by atoms with van der Waals surface area (Å²) >= 11 is 0. The van der Waals surface area contributed by atoms with Gasteiger partial charge in [-0.15, -0.1) is 0 Å². The summed E-state index contributed by atoms with van der Waals surface area (Å²) in [6.45, 7) is 10.5. The smallest absolute Gasteiger partial charge is 0.237 e. The van der Waals surface area contributed by atoms with Crippen molar-refractivity contribution in [2.24, 2.45) is 5.92 Å². The number of hydrogen-bond donors (Lipinski definition) is 2. The normalized spacial score (nSPS) is 23.8. The summed E-state index contributed by atoms with van der Waals surface area (Å²) in [4.78, 5) is 28.7. The fourth-order valence-corrected chi connectivity index (χ4v) is 3.28. The summed E-state index contributed by atoms with van der Waals surface area (Å²) in [5.74, 6) is 0.461. The fraction of sp³-hybridized carbons (Fsp3) is 0.875. The lowest BCUT2D eigenvalue weighted by Crippen LogP contribution is -2.57. The first kappa shape index (κ1) is 17.2. The molecule has 6 heteroatoms. The summed E-state index contributed by atoms with van der Waals surface area (Å²) in [7, 11) is 0. The van der Waals surface area contributed by atoms with Crippen LogP contribution in [-0.2, 0) is 9.59 Å². The van der Waals surface area contributed by atoms with Gasteiger partial charge in [0.15, 0.2) is 0 Å². The fourth-order valence-electron chi connectivity index (χ4n) is 3.28. The largest absolute Gasteiger partial charge is 0.355 e. The van der Waals surface area contributed by atoms with Crippen molar-refractivity contribution in [2.75, 3.05) is 45.8 Å². The van der Waals surface area contributed by atoms with E-state index in [1.165, 1.54) is 12.8 Å². The van der Waals surface area contributed by atoms with Crippen molar-refractivity contribution in [1.29, 1.82) is 0 Å². The Labute approximate surface area is 133 Å². The third-order valence-electron chi connectivity index (χ3n) is 4.37. The molecule has 0 spiro atoms. The van der Waals surface area contributed by atoms with Crippen LogP contribution in [0.3, 0.4) is 0 Å². The molecule has 126 valence electrons. The molecule has 2 aliphatic heterocycles. The van der Waals surface area contributed by atoms with Crippen LogP contribution < -0.4 is 10.6 Å². The molecule has 6 nitrogen and oxygen atoms in total. The Morgan fingerprint density at radius 3 is 2.73 bits per heavy atom. The Hall–Kier alpha value is -1.14. The van der Waals surface area contributed by atoms with Crippen LogP contribution in [-0.4, -0.2) is 73.5 Å². The van der Waals surface area contributed by atoms with Gasteiger partial charge in [0, 0.05) is 32.7 Å². The molecule has 2 aliphatic rings. The molecule has 22 heavy (non-hydrogen) atoms. The van der Waals surface area contributed by atoms with Gasteiger partial charge in [0.1, 0.15) is 0 Å². The highest BCUT2D eigenvalue weighted by atomic mass is 16.2. The second kappa shape index (κ2) is 8.48. The van der Waals surface area contributed by atoms with Crippen LogP contribution in [0.2, 0.25) is 0 Å². The summed E-state index contributed by atoms with van der Waals surface area (Å²) in [5.41, 5.74) is 0. The monoisotopic (exact) mass is 310 g/mol. The third-order valence-corrected chi connectivity index (χ3v) is 4.37. The Morgan fingerprint density at radius 1 is 1.32 bits per heavy atom. The van der Waals surface area contributed by atoms with E-state index in [0.717, 1.165) is 32.7 Å². The molecule has 1 unspecified atom stereocenters. The number of nitrogens with one attached hydrogen (secondary N) is 2. The number of amides is 2. The van der Waals surface area contributed by atoms with E-state index >= 15 is 0 Å². The molecule has 0 aromatic carbocycles. The standard InChI is InChI=1S/C16H30N4O2/c1-13(2)12-20-10-6-18-16(22)14(20)11-15(21)17-5-9-19-7-3-4-8-19/h13-14H,3-12H2,1-2H3,(H,17,21)(H,18,22). The topological polar surface area (TPSA) is 64.7 Å². The summed E-state index contributed by atoms with van der Waals surface area (Å²) < 4.78 is 0. The Morgan fingerprint density at radius 2 is 2.05 bits per heavy atom. The summed E-state index contributed by atoms with van der Waals surface area (Å²) in [6.07, 6.45) is 2.79. The van der Waals surface area contributed by atoms with Crippen LogP contribution in [0.15, 0.2) is 0 Å². The van der Waals surface area contributed by atoms with E-state index in [-0.39, 0.29) is 24.3 Å². The minimum atomic E-state index is -0.317. The lowest BCUT2D eigenvalue weighted by atomic mass is 10.1. The molecule has 0 bridgehead atoms. The molecule has 2 N–H and O–H groups in total. The Bertz CT molecular complexity index is 380. The molecular weight excluding hydrogens is 280 g/mol. The van der Waals surface area contributed by atoms with Gasteiger partial charge in [0.2, 0.25) is 11.8 Å². The number of likely N-dealkylation sites (tertiary alicyclic amines) is 1. The molecule has 0 saturated carbocycles. The maximum Gasteiger partial charge on any atom is 0.237 e. The molecule has 0 aromatic heterocycles. The van der Waals surface area contributed by atoms with Crippen molar-refractivity contribution in [3.63, 3.8) is 0 Å². The summed E-state index contributed by atoms with van der Waals surface area (Å²) in [6, 6.07) is -0.317. The van der Waals surface area contributed by atoms with E-state index in [9.17, 15) is 9.59 Å². The number of carbonyl (C=O) groups excluding carboxylic acids is 2. The Balaban J connectivity index is 1.75. The van der Waals surface area contributed by atoms with E-state index in [0.29, 0.717) is 19.0 Å². The Kier molecular flexibility index (Phi) is 6.64. The van der Waals surface area contributed by atoms with Crippen molar-refractivity contribution >= 4 is 11.8 Å². The highest BCUT2D eigenvalue weighted by molar-refractivity contribution is 5.88. The second-order valence-electron chi connectivity index (χ2n) is 6.80. The zero-order valence-electron chi connectivity index (χ0n) is 13.9. The van der Waals surface area contributed by atoms with Crippen molar-refractivity contribution < 1.29 is 9.59 Å². The molecular formula is C16H30N4O2. The quantitative estimate of drug-likeness (QED) is 0.697. The van der Waals surface area contributed by atoms with Gasteiger partial charge in [-0.3, -0.25) is 14.5 Å². The van der Waals surface area contributed by atoms with Gasteiger partial charge in [-0.05, 0) is 31.8 Å². The SMILES string of the molecule is CC(C)CN1CCNC(=O)C1CC(=O)NCCN1CCCC1. The predicted molar refractivity (Wildman–Crippen MR) is 86.5 cm³/mol. The molecule has 0 radical (unpaired) electrons. The minimum absolute atomic E-state index is 0.0124. The highest BCUT2D eigenvalue weighted by Gasteiger charge is 2.31. The second-order valence-corrected chi connectivity index (χ2v) is 6.80. The maximum atomic E-state index is 12.1. The highest BCUT2D eigenvalue weighted by Crippen LogP contribution is 2.11. The van der Waals surface area contributed by atoms with E-state index < -0.39 is 0 Å². The van der Waals surface area contributed by atoms with Crippen LogP contribution in [0.1, 0.15) is 33.1 Å². The average molecular weight is 310 g/mol. The third kappa shape index (κ3) is 5.25. The number of rotatable bonds is 7. The average Bonchev–Trinajstić information content (AvgIpc) is 2.95. The first-order valence-corrected chi connectivity index (χ1v) is 8.57. The molecule has 2 amide bonds. The first-order valence-electron chi connectivity index (χ1n) is 8.57. The molecule has 2 fully saturated rings. The van der Waals surface area contributed by atoms with E-state index in [2.05, 4.69) is 34.3 Å². The van der Waals surface area contributed by atoms with Crippen molar-refractivity contribution in [2.45, 2.75) is 39.2 Å². The molecule has 2 rings (SSSR count). The van der Waals surface area contributed by atoms with Gasteiger partial charge in [0.05, 0.1) is 12.5 Å². The summed E-state index contributed by atoms with van der Waals surface area (Å²) in [5, 5.41) is 5.84. The lowest BCUT2D eigenvalue weighted by Gasteiger charge is -2.35. The number of carbonyl (C=O) groups is 2. The molecule has 1 atom stereocenters. The van der Waals surface area contributed by atoms with Crippen LogP contribution >= 0.6 is 0 Å². The van der Waals surface area contributed by atoms with Gasteiger partial charge >= 0.3 is 0 Å². The number of piperazine rings is 1. The van der Waals surface area contributed by atoms with Crippen LogP contribution in [0, 0.1) is 5.92 Å². The van der Waals surface area contributed by atoms with E-state index in [1.807, 2.05) is 0 Å². The number of hydrogen-bond acceptors (Lipinski definition) is 4. The zero-order valence-corrected chi connectivity index (χ0v) is 13.9. The van der Waals surface area contributed by atoms with Gasteiger partial charge in [-0.1, -0.05) is 13.8 Å². The molecule has 2 heterocycles. The van der Waals surface area contributed by atoms with Gasteiger partial charge in [-0.25, -0.2) is 0 Å². The van der Waals surface area contributed by atoms with Crippen LogP contribution in [0.5, 0.6) is 0 Å². The van der Waals surface area contributed by atoms with Crippen LogP contribution in [0.4, 0.5) is 0 Å². The maximum absolute atomic E-state index is 12.1. The minimum Gasteiger partial charge on any atom is -0.355 e. The van der Waals surface area contributed by atoms with Gasteiger partial charge in [0.25, 0.3) is 0 Å². The molecule has 0 aliphatic carbocycles. The first-order chi connectivity index (χ1) is 10.6. The number of nitrogens with zero attached hydrogens (tertiary/aromatic N) is 2. The zero-order chi connectivity index (χ0) is 15.9. The van der Waals surface area contributed by atoms with Crippen molar-refractivity contribution in [3.05, 3.63) is 0 Å². The predicted octanol–water partition coefficient (Wildman–Crippen LogP) is 0.0449. The van der Waals surface area contributed by atoms with Crippen molar-refractivity contribution in [1.82, 2.24) is 20.4 Å². The van der Waals surface area contributed by atoms with E-state index in [1.54, 1.807) is 0 Å². The van der Waals surface area contributed by atoms with Crippen LogP contribution in [0.25, 0.3) is 0 Å².